The van der Waals surface area contributed by atoms with Crippen LogP contribution in [-0.2, 0) is 0 Å². The van der Waals surface area contributed by atoms with Gasteiger partial charge in [-0.15, -0.1) is 10.2 Å². The van der Waals surface area contributed by atoms with Gasteiger partial charge in [0.25, 0.3) is 0 Å². The van der Waals surface area contributed by atoms with Crippen molar-refractivity contribution in [3.8, 4) is 5.69 Å². The Hall–Kier alpha value is -1.29. The normalized spacial score (nSPS) is 10.7. The van der Waals surface area contributed by atoms with Gasteiger partial charge in [-0.1, -0.05) is 43.3 Å². The van der Waals surface area contributed by atoms with E-state index in [0.29, 0.717) is 0 Å². The first kappa shape index (κ1) is 12.2. The van der Waals surface area contributed by atoms with Gasteiger partial charge < -0.3 is 0 Å². The van der Waals surface area contributed by atoms with E-state index < -0.39 is 0 Å². The summed E-state index contributed by atoms with van der Waals surface area (Å²) >= 11 is 1.78. The molecule has 0 atom stereocenters. The molecule has 0 saturated carbocycles. The molecular formula is C13H17N3S. The summed E-state index contributed by atoms with van der Waals surface area (Å²) in [5.74, 6) is 2.04. The van der Waals surface area contributed by atoms with E-state index in [9.17, 15) is 0 Å². The highest BCUT2D eigenvalue weighted by Gasteiger charge is 2.10. The third kappa shape index (κ3) is 2.88. The highest BCUT2D eigenvalue weighted by atomic mass is 32.2. The van der Waals surface area contributed by atoms with Crippen LogP contribution in [0.25, 0.3) is 5.69 Å². The van der Waals surface area contributed by atoms with E-state index in [4.69, 9.17) is 0 Å². The van der Waals surface area contributed by atoms with Crippen molar-refractivity contribution in [3.63, 3.8) is 0 Å². The summed E-state index contributed by atoms with van der Waals surface area (Å²) < 4.78 is 2.11. The number of unbranched alkanes of at least 4 members (excludes halogenated alkanes) is 1. The van der Waals surface area contributed by atoms with E-state index in [0.717, 1.165) is 22.4 Å². The maximum absolute atomic E-state index is 4.24. The monoisotopic (exact) mass is 247 g/mol. The second-order valence-electron chi connectivity index (χ2n) is 3.90. The Morgan fingerprint density at radius 3 is 2.65 bits per heavy atom. The van der Waals surface area contributed by atoms with Crippen molar-refractivity contribution in [2.45, 2.75) is 31.8 Å². The number of aromatic nitrogens is 3. The zero-order valence-electron chi connectivity index (χ0n) is 10.3. The standard InChI is InChI=1S/C13H17N3S/c1-3-4-10-17-13-15-14-11(2)16(13)12-8-6-5-7-9-12/h5-9H,3-4,10H2,1-2H3. The molecule has 0 bridgehead atoms. The van der Waals surface area contributed by atoms with Gasteiger partial charge in [0.15, 0.2) is 5.16 Å². The van der Waals surface area contributed by atoms with Crippen molar-refractivity contribution in [2.24, 2.45) is 0 Å². The first-order valence-corrected chi connectivity index (χ1v) is 6.91. The molecule has 2 rings (SSSR count). The van der Waals surface area contributed by atoms with Crippen LogP contribution < -0.4 is 0 Å². The van der Waals surface area contributed by atoms with Crippen LogP contribution in [0.15, 0.2) is 35.5 Å². The third-order valence-electron chi connectivity index (χ3n) is 2.54. The van der Waals surface area contributed by atoms with Gasteiger partial charge in [0.1, 0.15) is 5.82 Å². The zero-order valence-corrected chi connectivity index (χ0v) is 11.1. The molecule has 0 unspecified atom stereocenters. The van der Waals surface area contributed by atoms with Crippen molar-refractivity contribution < 1.29 is 0 Å². The number of benzene rings is 1. The summed E-state index contributed by atoms with van der Waals surface area (Å²) in [5.41, 5.74) is 1.13. The van der Waals surface area contributed by atoms with Gasteiger partial charge in [-0.2, -0.15) is 0 Å². The summed E-state index contributed by atoms with van der Waals surface area (Å²) in [4.78, 5) is 0. The molecule has 4 heteroatoms. The van der Waals surface area contributed by atoms with Crippen LogP contribution in [0.5, 0.6) is 0 Å². The quantitative estimate of drug-likeness (QED) is 0.599. The van der Waals surface area contributed by atoms with Gasteiger partial charge >= 0.3 is 0 Å². The number of hydrogen-bond acceptors (Lipinski definition) is 3. The Morgan fingerprint density at radius 1 is 1.18 bits per heavy atom. The molecule has 0 fully saturated rings. The molecule has 0 N–H and O–H groups in total. The lowest BCUT2D eigenvalue weighted by Gasteiger charge is -2.07. The van der Waals surface area contributed by atoms with Crippen LogP contribution in [0.4, 0.5) is 0 Å². The van der Waals surface area contributed by atoms with Crippen LogP contribution in [0.1, 0.15) is 25.6 Å². The molecule has 1 aromatic carbocycles. The van der Waals surface area contributed by atoms with E-state index >= 15 is 0 Å². The predicted molar refractivity (Wildman–Crippen MR) is 71.7 cm³/mol. The van der Waals surface area contributed by atoms with Crippen LogP contribution in [0.3, 0.4) is 0 Å². The fourth-order valence-corrected chi connectivity index (χ4v) is 2.70. The first-order valence-electron chi connectivity index (χ1n) is 5.93. The lowest BCUT2D eigenvalue weighted by molar-refractivity contribution is 0.855. The van der Waals surface area contributed by atoms with Gasteiger partial charge in [-0.25, -0.2) is 0 Å². The Balaban J connectivity index is 2.24. The first-order chi connectivity index (χ1) is 8.33. The molecule has 17 heavy (non-hydrogen) atoms. The highest BCUT2D eigenvalue weighted by Crippen LogP contribution is 2.22. The Morgan fingerprint density at radius 2 is 1.94 bits per heavy atom. The molecule has 3 nitrogen and oxygen atoms in total. The van der Waals surface area contributed by atoms with Crippen molar-refractivity contribution in [3.05, 3.63) is 36.2 Å². The SMILES string of the molecule is CCCCSc1nnc(C)n1-c1ccccc1. The van der Waals surface area contributed by atoms with E-state index in [1.165, 1.54) is 12.8 Å². The van der Waals surface area contributed by atoms with E-state index in [1.807, 2.05) is 25.1 Å². The maximum atomic E-state index is 4.24. The number of hydrogen-bond donors (Lipinski definition) is 0. The summed E-state index contributed by atoms with van der Waals surface area (Å²) in [6, 6.07) is 10.3. The van der Waals surface area contributed by atoms with Crippen LogP contribution in [-0.4, -0.2) is 20.5 Å². The summed E-state index contributed by atoms with van der Waals surface area (Å²) in [7, 11) is 0. The second-order valence-corrected chi connectivity index (χ2v) is 4.96. The molecule has 0 aliphatic carbocycles. The van der Waals surface area contributed by atoms with Gasteiger partial charge in [0.2, 0.25) is 0 Å². The lowest BCUT2D eigenvalue weighted by atomic mass is 10.3. The van der Waals surface area contributed by atoms with Crippen LogP contribution in [0, 0.1) is 6.92 Å². The fourth-order valence-electron chi connectivity index (χ4n) is 1.62. The minimum Gasteiger partial charge on any atom is -0.274 e. The molecule has 0 radical (unpaired) electrons. The predicted octanol–water partition coefficient (Wildman–Crippen LogP) is 3.47. The largest absolute Gasteiger partial charge is 0.274 e. The molecule has 2 aromatic rings. The molecule has 90 valence electrons. The topological polar surface area (TPSA) is 30.7 Å². The van der Waals surface area contributed by atoms with Gasteiger partial charge in [-0.3, -0.25) is 4.57 Å². The smallest absolute Gasteiger partial charge is 0.195 e. The zero-order chi connectivity index (χ0) is 12.1. The average Bonchev–Trinajstić information content (AvgIpc) is 2.72. The minimum absolute atomic E-state index is 0.940. The van der Waals surface area contributed by atoms with E-state index in [-0.39, 0.29) is 0 Å². The molecule has 0 aliphatic heterocycles. The van der Waals surface area contributed by atoms with E-state index in [1.54, 1.807) is 11.8 Å². The Bertz CT molecular complexity index is 465. The number of rotatable bonds is 5. The number of nitrogens with zero attached hydrogens (tertiary/aromatic N) is 3. The second kappa shape index (κ2) is 5.87. The fraction of sp³-hybridized carbons (Fsp3) is 0.385. The molecule has 1 heterocycles. The third-order valence-corrected chi connectivity index (χ3v) is 3.55. The molecular weight excluding hydrogens is 230 g/mol. The number of thioether (sulfide) groups is 1. The molecule has 0 spiro atoms. The van der Waals surface area contributed by atoms with E-state index in [2.05, 4.69) is 33.8 Å². The van der Waals surface area contributed by atoms with Crippen molar-refractivity contribution in [1.29, 1.82) is 0 Å². The molecule has 0 saturated heterocycles. The molecule has 1 aromatic heterocycles. The maximum Gasteiger partial charge on any atom is 0.195 e. The lowest BCUT2D eigenvalue weighted by Crippen LogP contribution is -1.99. The minimum atomic E-state index is 0.940. The Kier molecular flexibility index (Phi) is 4.20. The molecule has 0 amide bonds. The van der Waals surface area contributed by atoms with Crippen molar-refractivity contribution in [1.82, 2.24) is 14.8 Å². The summed E-state index contributed by atoms with van der Waals surface area (Å²) in [5, 5.41) is 9.39. The van der Waals surface area contributed by atoms with Crippen molar-refractivity contribution in [2.75, 3.05) is 5.75 Å². The average molecular weight is 247 g/mol. The molecule has 0 aliphatic rings. The van der Waals surface area contributed by atoms with Crippen molar-refractivity contribution >= 4 is 11.8 Å². The highest BCUT2D eigenvalue weighted by molar-refractivity contribution is 7.99. The Labute approximate surface area is 106 Å². The van der Waals surface area contributed by atoms with Crippen LogP contribution in [0.2, 0.25) is 0 Å². The van der Waals surface area contributed by atoms with Gasteiger partial charge in [0.05, 0.1) is 0 Å². The van der Waals surface area contributed by atoms with Crippen LogP contribution >= 0.6 is 11.8 Å². The van der Waals surface area contributed by atoms with Gasteiger partial charge in [-0.05, 0) is 25.5 Å². The summed E-state index contributed by atoms with van der Waals surface area (Å²) in [6.45, 7) is 4.19. The summed E-state index contributed by atoms with van der Waals surface area (Å²) in [6.07, 6.45) is 2.43. The van der Waals surface area contributed by atoms with Gasteiger partial charge in [0, 0.05) is 11.4 Å². The number of aryl methyl sites for hydroxylation is 1. The number of para-hydroxylation sites is 1.